The average molecular weight is 904 g/mol. The van der Waals surface area contributed by atoms with Crippen molar-refractivity contribution >= 4 is 38.5 Å². The van der Waals surface area contributed by atoms with Gasteiger partial charge in [-0.3, -0.25) is 0 Å². The number of allylic oxidation sites excluding steroid dienone is 5. The van der Waals surface area contributed by atoms with Crippen LogP contribution < -0.4 is 0 Å². The minimum absolute atomic E-state index is 0.000624. The highest BCUT2D eigenvalue weighted by atomic mass is 79.9. The van der Waals surface area contributed by atoms with Crippen LogP contribution in [0, 0.1) is 11.3 Å². The average Bonchev–Trinajstić information content (AvgIpc) is 3.10. The second-order valence-corrected chi connectivity index (χ2v) is 31.3. The van der Waals surface area contributed by atoms with Crippen LogP contribution in [0.2, 0.25) is 36.3 Å². The molecule has 0 radical (unpaired) electrons. The molecule has 330 valence electrons. The van der Waals surface area contributed by atoms with E-state index in [0.717, 1.165) is 47.7 Å². The Balaban J connectivity index is 2.63. The predicted molar refractivity (Wildman–Crippen MR) is 254 cm³/mol. The van der Waals surface area contributed by atoms with Crippen LogP contribution >= 0.6 is 15.9 Å². The van der Waals surface area contributed by atoms with E-state index in [-0.39, 0.29) is 28.6 Å². The molecule has 6 nitrogen and oxygen atoms in total. The van der Waals surface area contributed by atoms with Crippen molar-refractivity contribution < 1.29 is 28.6 Å². The number of carbonyl (C=O) groups excluding carboxylic acids is 1. The van der Waals surface area contributed by atoms with Gasteiger partial charge < -0.3 is 23.8 Å². The first kappa shape index (κ1) is 52.5. The Morgan fingerprint density at radius 1 is 0.914 bits per heavy atom. The zero-order valence-corrected chi connectivity index (χ0v) is 43.2. The molecule has 1 aromatic rings. The van der Waals surface area contributed by atoms with Crippen molar-refractivity contribution in [3.63, 3.8) is 0 Å². The van der Waals surface area contributed by atoms with Gasteiger partial charge in [-0.15, -0.1) is 0 Å². The Morgan fingerprint density at radius 2 is 1.50 bits per heavy atom. The van der Waals surface area contributed by atoms with E-state index in [9.17, 15) is 15.0 Å². The van der Waals surface area contributed by atoms with Crippen molar-refractivity contribution in [2.24, 2.45) is 11.3 Å². The number of esters is 1. The van der Waals surface area contributed by atoms with Crippen LogP contribution in [-0.2, 0) is 13.6 Å². The van der Waals surface area contributed by atoms with Crippen LogP contribution in [0.1, 0.15) is 151 Å². The topological polar surface area (TPSA) is 85.2 Å². The van der Waals surface area contributed by atoms with Crippen LogP contribution in [0.25, 0.3) is 0 Å². The zero-order chi connectivity index (χ0) is 44.3. The summed E-state index contributed by atoms with van der Waals surface area (Å²) < 4.78 is 21.0. The molecule has 2 N–H and O–H groups in total. The number of halogens is 1. The quantitative estimate of drug-likeness (QED) is 0.0587. The number of ether oxygens (including phenoxy) is 1. The summed E-state index contributed by atoms with van der Waals surface area (Å²) in [5.41, 5.74) is 4.73. The van der Waals surface area contributed by atoms with E-state index in [2.05, 4.69) is 137 Å². The molecule has 58 heavy (non-hydrogen) atoms. The lowest BCUT2D eigenvalue weighted by Gasteiger charge is -2.56. The lowest BCUT2D eigenvalue weighted by atomic mass is 9.53. The first-order valence-corrected chi connectivity index (χ1v) is 28.4. The lowest BCUT2D eigenvalue weighted by Crippen LogP contribution is -2.59. The number of hydrogen-bond acceptors (Lipinski definition) is 6. The summed E-state index contributed by atoms with van der Waals surface area (Å²) in [6.07, 6.45) is 13.2. The molecule has 0 heterocycles. The summed E-state index contributed by atoms with van der Waals surface area (Å²) in [6, 6.07) is 7.30. The van der Waals surface area contributed by atoms with E-state index in [1.807, 2.05) is 19.1 Å². The molecule has 1 saturated carbocycles. The maximum atomic E-state index is 13.5. The molecule has 0 bridgehead atoms. The molecule has 0 unspecified atom stereocenters. The third-order valence-corrected chi connectivity index (χ3v) is 23.4. The molecular formula is C49H83BrO6Si2. The van der Waals surface area contributed by atoms with E-state index in [0.29, 0.717) is 44.5 Å². The second-order valence-electron chi connectivity index (χ2n) is 20.7. The Morgan fingerprint density at radius 3 is 2.05 bits per heavy atom. The maximum absolute atomic E-state index is 13.5. The van der Waals surface area contributed by atoms with Crippen molar-refractivity contribution in [2.75, 3.05) is 19.8 Å². The Labute approximate surface area is 365 Å². The summed E-state index contributed by atoms with van der Waals surface area (Å²) in [5, 5.41) is 23.4. The van der Waals surface area contributed by atoms with Gasteiger partial charge in [0.2, 0.25) is 0 Å². The smallest absolute Gasteiger partial charge is 0.338 e. The molecule has 1 aromatic carbocycles. The molecule has 1 aliphatic rings. The molecule has 0 aliphatic heterocycles. The molecule has 1 aliphatic carbocycles. The van der Waals surface area contributed by atoms with Crippen molar-refractivity contribution in [1.29, 1.82) is 0 Å². The molecule has 2 rings (SSSR count). The fraction of sp³-hybridized carbons (Fsp3) is 0.694. The first-order valence-electron chi connectivity index (χ1n) is 21.8. The molecule has 0 amide bonds. The largest absolute Gasteiger partial charge is 0.454 e. The van der Waals surface area contributed by atoms with Gasteiger partial charge in [-0.1, -0.05) is 92.4 Å². The first-order chi connectivity index (χ1) is 26.6. The van der Waals surface area contributed by atoms with Crippen molar-refractivity contribution in [3.8, 4) is 0 Å². The third kappa shape index (κ3) is 14.8. The monoisotopic (exact) mass is 902 g/mol. The standard InChI is InChI=1S/C49H83BrO6Si2/c1-36(2)20-17-21-37(3)24-29-44(56-45(52)40-25-27-41(50)28-26-40)38(4)22-18-31-49(35-55-58(15,16)47(9,10)11)43(23-19-33-54-57(13,14)46(6,7)8)42(39(5)34-51)30-32-48(49,12)53/h20,22,24-28,43-44,51,53H,17-19,21,23,29-35H2,1-16H3/b37-24+,38-22+,42-39-/t43-,44-,48+,49-/m1/s1. The minimum Gasteiger partial charge on any atom is -0.454 e. The number of carbonyl (C=O) groups is 1. The third-order valence-electron chi connectivity index (χ3n) is 13.9. The highest BCUT2D eigenvalue weighted by molar-refractivity contribution is 9.10. The van der Waals surface area contributed by atoms with Gasteiger partial charge in [-0.25, -0.2) is 4.79 Å². The van der Waals surface area contributed by atoms with Gasteiger partial charge >= 0.3 is 5.97 Å². The molecule has 1 fully saturated rings. The van der Waals surface area contributed by atoms with Gasteiger partial charge in [-0.2, -0.15) is 0 Å². The lowest BCUT2D eigenvalue weighted by molar-refractivity contribution is -0.144. The number of aliphatic hydroxyl groups excluding tert-OH is 1. The van der Waals surface area contributed by atoms with Gasteiger partial charge in [0.05, 0.1) is 17.8 Å². The van der Waals surface area contributed by atoms with Gasteiger partial charge in [0.25, 0.3) is 0 Å². The molecule has 0 saturated heterocycles. The van der Waals surface area contributed by atoms with E-state index in [1.165, 1.54) is 16.7 Å². The van der Waals surface area contributed by atoms with E-state index >= 15 is 0 Å². The molecule has 0 spiro atoms. The van der Waals surface area contributed by atoms with Gasteiger partial charge in [0.1, 0.15) is 6.10 Å². The van der Waals surface area contributed by atoms with Crippen molar-refractivity contribution in [1.82, 2.24) is 0 Å². The fourth-order valence-electron chi connectivity index (χ4n) is 7.50. The highest BCUT2D eigenvalue weighted by Crippen LogP contribution is 2.57. The molecule has 0 aromatic heterocycles. The highest BCUT2D eigenvalue weighted by Gasteiger charge is 2.56. The van der Waals surface area contributed by atoms with Crippen LogP contribution in [0.4, 0.5) is 0 Å². The fourth-order valence-corrected chi connectivity index (χ4v) is 9.90. The van der Waals surface area contributed by atoms with Crippen LogP contribution in [0.5, 0.6) is 0 Å². The Kier molecular flexibility index (Phi) is 19.9. The number of rotatable bonds is 20. The summed E-state index contributed by atoms with van der Waals surface area (Å²) in [7, 11) is -4.16. The van der Waals surface area contributed by atoms with Crippen LogP contribution in [0.3, 0.4) is 0 Å². The van der Waals surface area contributed by atoms with Crippen molar-refractivity contribution in [3.05, 3.63) is 80.4 Å². The number of benzene rings is 1. The number of hydrogen-bond donors (Lipinski definition) is 2. The number of aliphatic hydroxyl groups is 2. The Bertz CT molecular complexity index is 1600. The maximum Gasteiger partial charge on any atom is 0.338 e. The summed E-state index contributed by atoms with van der Waals surface area (Å²) in [5.74, 6) is -0.341. The minimum atomic E-state index is -2.22. The summed E-state index contributed by atoms with van der Waals surface area (Å²) in [6.45, 7) is 36.5. The van der Waals surface area contributed by atoms with Gasteiger partial charge in [-0.05, 0) is 171 Å². The normalized spacial score (nSPS) is 22.8. The Hall–Kier alpha value is -1.60. The van der Waals surface area contributed by atoms with Crippen molar-refractivity contribution in [2.45, 2.75) is 189 Å². The van der Waals surface area contributed by atoms with Crippen LogP contribution in [0.15, 0.2) is 74.8 Å². The summed E-state index contributed by atoms with van der Waals surface area (Å²) >= 11 is 3.48. The van der Waals surface area contributed by atoms with Gasteiger partial charge in [0.15, 0.2) is 16.6 Å². The molecule has 9 heteroatoms. The van der Waals surface area contributed by atoms with E-state index in [1.54, 1.807) is 12.1 Å². The molecule has 4 atom stereocenters. The van der Waals surface area contributed by atoms with Gasteiger partial charge in [0, 0.05) is 29.5 Å². The molecular weight excluding hydrogens is 821 g/mol. The second kappa shape index (κ2) is 22.0. The summed E-state index contributed by atoms with van der Waals surface area (Å²) in [4.78, 5) is 13.5. The van der Waals surface area contributed by atoms with Crippen LogP contribution in [-0.4, -0.2) is 64.3 Å². The van der Waals surface area contributed by atoms with E-state index < -0.39 is 33.8 Å². The van der Waals surface area contributed by atoms with E-state index in [4.69, 9.17) is 13.6 Å². The SMILES string of the molecule is CC(C)=CCC/C(C)=C/C[C@@H](OC(=O)c1ccc(Br)cc1)/C(C)=C/CC[C@@]1(CO[Si](C)(C)C(C)(C)C)[C@H](CCCO[Si](C)(C)C(C)(C)C)/C(=C(/C)CO)CC[C@]1(C)O. The predicted octanol–water partition coefficient (Wildman–Crippen LogP) is 14.1. The zero-order valence-electron chi connectivity index (χ0n) is 39.6.